The average molecular weight is 318 g/mol. The molecule has 114 valence electrons. The number of carboxylic acid groups (broad SMARTS) is 1. The van der Waals surface area contributed by atoms with Crippen molar-refractivity contribution < 1.29 is 18.7 Å². The summed E-state index contributed by atoms with van der Waals surface area (Å²) < 4.78 is 20.4. The Morgan fingerprint density at radius 2 is 2.00 bits per heavy atom. The number of aromatic carboxylic acids is 1. The van der Waals surface area contributed by atoms with E-state index in [2.05, 4.69) is 10.5 Å². The van der Waals surface area contributed by atoms with Gasteiger partial charge in [0.25, 0.3) is 0 Å². The highest BCUT2D eigenvalue weighted by atomic mass is 32.2. The average Bonchev–Trinajstić information content (AvgIpc) is 2.48. The summed E-state index contributed by atoms with van der Waals surface area (Å²) in [7, 11) is 0. The summed E-state index contributed by atoms with van der Waals surface area (Å²) in [5, 5.41) is 13.1. The third-order valence-corrected chi connectivity index (χ3v) is 3.65. The van der Waals surface area contributed by atoms with E-state index in [1.165, 1.54) is 18.3 Å². The number of benzene rings is 2. The maximum Gasteiger partial charge on any atom is 0.337 e. The van der Waals surface area contributed by atoms with E-state index in [4.69, 9.17) is 5.11 Å². The number of carboxylic acids is 1. The number of carbonyl (C=O) groups is 1. The van der Waals surface area contributed by atoms with E-state index in [0.717, 1.165) is 5.56 Å². The van der Waals surface area contributed by atoms with Gasteiger partial charge in [-0.15, -0.1) is 0 Å². The van der Waals surface area contributed by atoms with Crippen LogP contribution in [0.3, 0.4) is 0 Å². The van der Waals surface area contributed by atoms with E-state index in [1.807, 2.05) is 0 Å². The molecule has 0 saturated carbocycles. The Kier molecular flexibility index (Phi) is 5.03. The van der Waals surface area contributed by atoms with Crippen molar-refractivity contribution in [1.82, 2.24) is 0 Å². The highest BCUT2D eigenvalue weighted by molar-refractivity contribution is 7.79. The minimum absolute atomic E-state index is 0.108. The first-order chi connectivity index (χ1) is 10.5. The molecule has 2 rings (SSSR count). The second-order valence-corrected chi connectivity index (χ2v) is 5.45. The van der Waals surface area contributed by atoms with Gasteiger partial charge >= 0.3 is 5.97 Å². The SMILES string of the molecule is Cc1ccc(N/N=C/c2ccccc2S(=O)O)c(C(=O)O)c1. The van der Waals surface area contributed by atoms with Crippen LogP contribution in [-0.2, 0) is 11.1 Å². The molecule has 0 radical (unpaired) electrons. The molecule has 0 aliphatic carbocycles. The maximum absolute atomic E-state index is 11.2. The fourth-order valence-corrected chi connectivity index (χ4v) is 2.37. The van der Waals surface area contributed by atoms with E-state index in [-0.39, 0.29) is 10.5 Å². The minimum atomic E-state index is -2.12. The Hall–Kier alpha value is -2.51. The van der Waals surface area contributed by atoms with Crippen LogP contribution >= 0.6 is 0 Å². The Morgan fingerprint density at radius 1 is 1.27 bits per heavy atom. The minimum Gasteiger partial charge on any atom is -0.478 e. The zero-order valence-corrected chi connectivity index (χ0v) is 12.5. The van der Waals surface area contributed by atoms with Crippen molar-refractivity contribution in [1.29, 1.82) is 0 Å². The highest BCUT2D eigenvalue weighted by Crippen LogP contribution is 2.17. The monoisotopic (exact) mass is 318 g/mol. The predicted molar refractivity (Wildman–Crippen MR) is 84.8 cm³/mol. The van der Waals surface area contributed by atoms with Gasteiger partial charge in [-0.25, -0.2) is 9.00 Å². The van der Waals surface area contributed by atoms with Gasteiger partial charge in [0.2, 0.25) is 0 Å². The first-order valence-electron chi connectivity index (χ1n) is 6.32. The molecule has 0 spiro atoms. The second kappa shape index (κ2) is 6.97. The van der Waals surface area contributed by atoms with Crippen LogP contribution in [0.5, 0.6) is 0 Å². The van der Waals surface area contributed by atoms with Crippen molar-refractivity contribution in [3.63, 3.8) is 0 Å². The molecule has 0 aromatic heterocycles. The summed E-state index contributed by atoms with van der Waals surface area (Å²) in [4.78, 5) is 11.4. The van der Waals surface area contributed by atoms with Crippen LogP contribution in [0, 0.1) is 6.92 Å². The van der Waals surface area contributed by atoms with Gasteiger partial charge in [0.1, 0.15) is 0 Å². The van der Waals surface area contributed by atoms with Crippen LogP contribution in [0.2, 0.25) is 0 Å². The molecule has 0 bridgehead atoms. The number of nitrogens with zero attached hydrogens (tertiary/aromatic N) is 1. The first-order valence-corrected chi connectivity index (χ1v) is 7.42. The van der Waals surface area contributed by atoms with Crippen molar-refractivity contribution in [3.8, 4) is 0 Å². The largest absolute Gasteiger partial charge is 0.478 e. The van der Waals surface area contributed by atoms with Crippen molar-refractivity contribution >= 4 is 29.0 Å². The quantitative estimate of drug-likeness (QED) is 0.447. The molecule has 1 atom stereocenters. The van der Waals surface area contributed by atoms with Crippen LogP contribution in [0.1, 0.15) is 21.5 Å². The lowest BCUT2D eigenvalue weighted by atomic mass is 10.1. The number of hydrogen-bond acceptors (Lipinski definition) is 4. The Morgan fingerprint density at radius 3 is 2.68 bits per heavy atom. The summed E-state index contributed by atoms with van der Waals surface area (Å²) >= 11 is -2.12. The van der Waals surface area contributed by atoms with Crippen LogP contribution in [0.15, 0.2) is 52.5 Å². The summed E-state index contributed by atoms with van der Waals surface area (Å²) in [6, 6.07) is 11.4. The summed E-state index contributed by atoms with van der Waals surface area (Å²) in [6.07, 6.45) is 1.37. The van der Waals surface area contributed by atoms with Crippen molar-refractivity contribution in [3.05, 3.63) is 59.2 Å². The van der Waals surface area contributed by atoms with Gasteiger partial charge in [0.05, 0.1) is 22.4 Å². The van der Waals surface area contributed by atoms with Gasteiger partial charge in [-0.3, -0.25) is 5.43 Å². The number of nitrogens with one attached hydrogen (secondary N) is 1. The van der Waals surface area contributed by atoms with Gasteiger partial charge in [0.15, 0.2) is 11.1 Å². The highest BCUT2D eigenvalue weighted by Gasteiger charge is 2.09. The van der Waals surface area contributed by atoms with Crippen molar-refractivity contribution in [2.24, 2.45) is 5.10 Å². The fraction of sp³-hybridized carbons (Fsp3) is 0.0667. The molecule has 0 aliphatic heterocycles. The Balaban J connectivity index is 2.24. The van der Waals surface area contributed by atoms with Crippen molar-refractivity contribution in [2.75, 3.05) is 5.43 Å². The lowest BCUT2D eigenvalue weighted by Crippen LogP contribution is -2.03. The Bertz CT molecular complexity index is 759. The van der Waals surface area contributed by atoms with Gasteiger partial charge in [-0.2, -0.15) is 5.10 Å². The van der Waals surface area contributed by atoms with Crippen molar-refractivity contribution in [2.45, 2.75) is 11.8 Å². The van der Waals surface area contributed by atoms with Crippen LogP contribution in [0.25, 0.3) is 0 Å². The molecule has 0 amide bonds. The molecule has 2 aromatic rings. The van der Waals surface area contributed by atoms with Crippen LogP contribution in [-0.4, -0.2) is 26.1 Å². The third-order valence-electron chi connectivity index (χ3n) is 2.90. The molecule has 22 heavy (non-hydrogen) atoms. The zero-order chi connectivity index (χ0) is 16.1. The molecule has 7 heteroatoms. The molecule has 0 heterocycles. The van der Waals surface area contributed by atoms with E-state index in [0.29, 0.717) is 11.3 Å². The predicted octanol–water partition coefficient (Wildman–Crippen LogP) is 2.72. The van der Waals surface area contributed by atoms with Gasteiger partial charge in [-0.1, -0.05) is 29.8 Å². The van der Waals surface area contributed by atoms with Crippen LogP contribution < -0.4 is 5.43 Å². The van der Waals surface area contributed by atoms with E-state index >= 15 is 0 Å². The number of hydrazone groups is 1. The van der Waals surface area contributed by atoms with E-state index in [1.54, 1.807) is 37.3 Å². The Labute approximate surface area is 129 Å². The molecule has 0 aliphatic rings. The van der Waals surface area contributed by atoms with E-state index in [9.17, 15) is 13.6 Å². The zero-order valence-electron chi connectivity index (χ0n) is 11.7. The standard InChI is InChI=1S/C15H14N2O4S/c1-10-6-7-13(12(8-10)15(18)19)17-16-9-11-4-2-3-5-14(11)22(20)21/h2-9,17H,1H3,(H,18,19)(H,20,21)/b16-9+. The lowest BCUT2D eigenvalue weighted by Gasteiger charge is -2.06. The molecular formula is C15H14N2O4S. The molecular weight excluding hydrogens is 304 g/mol. The molecule has 0 fully saturated rings. The molecule has 3 N–H and O–H groups in total. The maximum atomic E-state index is 11.2. The smallest absolute Gasteiger partial charge is 0.337 e. The van der Waals surface area contributed by atoms with Gasteiger partial charge in [0, 0.05) is 5.56 Å². The van der Waals surface area contributed by atoms with Gasteiger partial charge < -0.3 is 9.66 Å². The first kappa shape index (κ1) is 15.9. The third kappa shape index (κ3) is 3.78. The number of rotatable bonds is 5. The molecule has 1 unspecified atom stereocenters. The fourth-order valence-electron chi connectivity index (χ4n) is 1.85. The molecule has 2 aromatic carbocycles. The number of hydrogen-bond donors (Lipinski definition) is 3. The lowest BCUT2D eigenvalue weighted by molar-refractivity contribution is 0.0698. The molecule has 6 nitrogen and oxygen atoms in total. The van der Waals surface area contributed by atoms with Crippen LogP contribution in [0.4, 0.5) is 5.69 Å². The summed E-state index contributed by atoms with van der Waals surface area (Å²) in [5.41, 5.74) is 4.40. The molecule has 0 saturated heterocycles. The van der Waals surface area contributed by atoms with Gasteiger partial charge in [-0.05, 0) is 25.1 Å². The normalized spacial score (nSPS) is 12.3. The second-order valence-electron chi connectivity index (χ2n) is 4.51. The number of anilines is 1. The summed E-state index contributed by atoms with van der Waals surface area (Å²) in [6.45, 7) is 1.80. The summed E-state index contributed by atoms with van der Waals surface area (Å²) in [5.74, 6) is -1.06. The van der Waals surface area contributed by atoms with E-state index < -0.39 is 17.0 Å². The topological polar surface area (TPSA) is 99.0 Å². The number of aryl methyl sites for hydroxylation is 1.